The van der Waals surface area contributed by atoms with Crippen LogP contribution in [0, 0.1) is 18.7 Å². The summed E-state index contributed by atoms with van der Waals surface area (Å²) in [5, 5.41) is 2.91. The fraction of sp³-hybridized carbons (Fsp3) is 0.455. The predicted octanol–water partition coefficient (Wildman–Crippen LogP) is 2.58. The first-order chi connectivity index (χ1) is 14.5. The van der Waals surface area contributed by atoms with E-state index in [4.69, 9.17) is 0 Å². The van der Waals surface area contributed by atoms with Gasteiger partial charge in [-0.15, -0.1) is 0 Å². The quantitative estimate of drug-likeness (QED) is 0.818. The number of aromatic nitrogens is 2. The van der Waals surface area contributed by atoms with Crippen LogP contribution in [0.3, 0.4) is 0 Å². The number of anilines is 2. The molecule has 0 spiro atoms. The first kappa shape index (κ1) is 20.3. The number of halogens is 1. The fourth-order valence-corrected chi connectivity index (χ4v) is 4.02. The third-order valence-electron chi connectivity index (χ3n) is 5.61. The maximum atomic E-state index is 13.1. The molecule has 7 nitrogen and oxygen atoms in total. The minimum Gasteiger partial charge on any atom is -0.350 e. The van der Waals surface area contributed by atoms with Gasteiger partial charge in [-0.25, -0.2) is 14.4 Å². The monoisotopic (exact) mass is 411 g/mol. The molecule has 1 aromatic heterocycles. The van der Waals surface area contributed by atoms with Gasteiger partial charge in [-0.3, -0.25) is 9.59 Å². The van der Waals surface area contributed by atoms with Gasteiger partial charge >= 0.3 is 0 Å². The summed E-state index contributed by atoms with van der Waals surface area (Å²) in [4.78, 5) is 37.9. The summed E-state index contributed by atoms with van der Waals surface area (Å²) in [5.41, 5.74) is 2.23. The van der Waals surface area contributed by atoms with E-state index in [-0.39, 0.29) is 30.6 Å². The van der Waals surface area contributed by atoms with E-state index in [1.54, 1.807) is 12.1 Å². The number of amides is 2. The molecular weight excluding hydrogens is 385 g/mol. The second kappa shape index (κ2) is 8.77. The number of aryl methyl sites for hydroxylation is 1. The minimum absolute atomic E-state index is 0.132. The lowest BCUT2D eigenvalue weighted by Crippen LogP contribution is -2.34. The van der Waals surface area contributed by atoms with Gasteiger partial charge < -0.3 is 15.1 Å². The van der Waals surface area contributed by atoms with Crippen LogP contribution in [0.15, 0.2) is 30.3 Å². The number of nitrogens with one attached hydrogen (secondary N) is 1. The zero-order valence-corrected chi connectivity index (χ0v) is 17.1. The highest BCUT2D eigenvalue weighted by molar-refractivity contribution is 6.00. The van der Waals surface area contributed by atoms with E-state index in [2.05, 4.69) is 20.2 Å². The zero-order valence-electron chi connectivity index (χ0n) is 17.1. The van der Waals surface area contributed by atoms with Gasteiger partial charge in [0.2, 0.25) is 17.8 Å². The first-order valence-corrected chi connectivity index (χ1v) is 10.4. The first-order valence-electron chi connectivity index (χ1n) is 10.4. The van der Waals surface area contributed by atoms with Crippen LogP contribution in [0.25, 0.3) is 0 Å². The molecule has 0 aliphatic carbocycles. The third kappa shape index (κ3) is 4.58. The van der Waals surface area contributed by atoms with E-state index in [0.717, 1.165) is 43.3 Å². The van der Waals surface area contributed by atoms with Crippen LogP contribution in [-0.4, -0.2) is 41.4 Å². The Morgan fingerprint density at radius 1 is 1.17 bits per heavy atom. The van der Waals surface area contributed by atoms with Gasteiger partial charge in [0.25, 0.3) is 0 Å². The molecule has 2 saturated heterocycles. The molecule has 2 aromatic rings. The Morgan fingerprint density at radius 2 is 1.90 bits per heavy atom. The lowest BCUT2D eigenvalue weighted by molar-refractivity contribution is -0.126. The highest BCUT2D eigenvalue weighted by atomic mass is 19.1. The molecule has 2 aliphatic heterocycles. The van der Waals surface area contributed by atoms with E-state index in [9.17, 15) is 14.0 Å². The number of nitrogens with zero attached hydrogens (tertiary/aromatic N) is 4. The van der Waals surface area contributed by atoms with E-state index in [1.165, 1.54) is 23.5 Å². The van der Waals surface area contributed by atoms with Crippen molar-refractivity contribution in [3.8, 4) is 0 Å². The lowest BCUT2D eigenvalue weighted by Gasteiger charge is -2.27. The number of rotatable bonds is 5. The van der Waals surface area contributed by atoms with E-state index >= 15 is 0 Å². The molecule has 158 valence electrons. The molecule has 1 N–H and O–H groups in total. The van der Waals surface area contributed by atoms with Gasteiger partial charge in [-0.05, 0) is 56.5 Å². The van der Waals surface area contributed by atoms with Gasteiger partial charge in [0.15, 0.2) is 0 Å². The van der Waals surface area contributed by atoms with Gasteiger partial charge in [0.1, 0.15) is 5.82 Å². The Morgan fingerprint density at radius 3 is 2.63 bits per heavy atom. The van der Waals surface area contributed by atoms with Crippen LogP contribution < -0.4 is 15.1 Å². The minimum atomic E-state index is -0.438. The SMILES string of the molecule is Cc1cc(CNC(=O)C2CC(=O)N(c3ccc(F)cc3)C2)nc(N2CCCCC2)n1. The molecule has 2 fully saturated rings. The van der Waals surface area contributed by atoms with Crippen molar-refractivity contribution in [2.24, 2.45) is 5.92 Å². The molecule has 1 unspecified atom stereocenters. The summed E-state index contributed by atoms with van der Waals surface area (Å²) >= 11 is 0. The van der Waals surface area contributed by atoms with Gasteiger partial charge in [0.05, 0.1) is 18.2 Å². The third-order valence-corrected chi connectivity index (χ3v) is 5.61. The Labute approximate surface area is 175 Å². The van der Waals surface area contributed by atoms with Crippen molar-refractivity contribution < 1.29 is 14.0 Å². The summed E-state index contributed by atoms with van der Waals surface area (Å²) in [5.74, 6) is -0.385. The van der Waals surface area contributed by atoms with Crippen molar-refractivity contribution in [1.82, 2.24) is 15.3 Å². The summed E-state index contributed by atoms with van der Waals surface area (Å²) in [6.07, 6.45) is 3.67. The van der Waals surface area contributed by atoms with Crippen molar-refractivity contribution in [2.45, 2.75) is 39.2 Å². The zero-order chi connectivity index (χ0) is 21.1. The molecule has 2 amide bonds. The van der Waals surface area contributed by atoms with Gasteiger partial charge in [0, 0.05) is 37.4 Å². The number of piperidine rings is 1. The van der Waals surface area contributed by atoms with Crippen molar-refractivity contribution >= 4 is 23.5 Å². The lowest BCUT2D eigenvalue weighted by atomic mass is 10.1. The molecule has 3 heterocycles. The van der Waals surface area contributed by atoms with Crippen molar-refractivity contribution in [3.05, 3.63) is 47.5 Å². The number of carbonyl (C=O) groups is 2. The number of benzene rings is 1. The summed E-state index contributed by atoms with van der Waals surface area (Å²) in [7, 11) is 0. The summed E-state index contributed by atoms with van der Waals surface area (Å²) in [6, 6.07) is 7.61. The average Bonchev–Trinajstić information content (AvgIpc) is 3.14. The predicted molar refractivity (Wildman–Crippen MR) is 112 cm³/mol. The normalized spacial score (nSPS) is 19.3. The van der Waals surface area contributed by atoms with E-state index in [0.29, 0.717) is 12.2 Å². The number of hydrogen-bond donors (Lipinski definition) is 1. The Bertz CT molecular complexity index is 928. The molecule has 0 saturated carbocycles. The van der Waals surface area contributed by atoms with Crippen LogP contribution in [-0.2, 0) is 16.1 Å². The molecule has 4 rings (SSSR count). The second-order valence-corrected chi connectivity index (χ2v) is 7.95. The molecule has 0 bridgehead atoms. The fourth-order valence-electron chi connectivity index (χ4n) is 4.02. The van der Waals surface area contributed by atoms with Crippen molar-refractivity contribution in [2.75, 3.05) is 29.4 Å². The van der Waals surface area contributed by atoms with E-state index < -0.39 is 5.92 Å². The molecule has 2 aliphatic rings. The topological polar surface area (TPSA) is 78.4 Å². The second-order valence-electron chi connectivity index (χ2n) is 7.95. The molecule has 1 aromatic carbocycles. The Kier molecular flexibility index (Phi) is 5.92. The highest BCUT2D eigenvalue weighted by Crippen LogP contribution is 2.25. The Balaban J connectivity index is 1.37. The molecule has 8 heteroatoms. The molecule has 0 radical (unpaired) electrons. The van der Waals surface area contributed by atoms with Crippen LogP contribution in [0.5, 0.6) is 0 Å². The maximum absolute atomic E-state index is 13.1. The molecule has 30 heavy (non-hydrogen) atoms. The molecular formula is C22H26FN5O2. The highest BCUT2D eigenvalue weighted by Gasteiger charge is 2.35. The standard InChI is InChI=1S/C22H26FN5O2/c1-15-11-18(26-22(25-15)27-9-3-2-4-10-27)13-24-21(30)16-12-20(29)28(14-16)19-7-5-17(23)6-8-19/h5-8,11,16H,2-4,9-10,12-14H2,1H3,(H,24,30). The van der Waals surface area contributed by atoms with Crippen LogP contribution in [0.4, 0.5) is 16.0 Å². The van der Waals surface area contributed by atoms with Crippen molar-refractivity contribution in [3.63, 3.8) is 0 Å². The van der Waals surface area contributed by atoms with Crippen LogP contribution in [0.1, 0.15) is 37.1 Å². The average molecular weight is 411 g/mol. The van der Waals surface area contributed by atoms with Gasteiger partial charge in [-0.1, -0.05) is 0 Å². The number of hydrogen-bond acceptors (Lipinski definition) is 5. The molecule has 1 atom stereocenters. The van der Waals surface area contributed by atoms with Crippen molar-refractivity contribution in [1.29, 1.82) is 0 Å². The van der Waals surface area contributed by atoms with Gasteiger partial charge in [-0.2, -0.15) is 0 Å². The smallest absolute Gasteiger partial charge is 0.227 e. The van der Waals surface area contributed by atoms with Crippen LogP contribution in [0.2, 0.25) is 0 Å². The summed E-state index contributed by atoms with van der Waals surface area (Å²) < 4.78 is 13.1. The largest absolute Gasteiger partial charge is 0.350 e. The van der Waals surface area contributed by atoms with E-state index in [1.807, 2.05) is 13.0 Å². The summed E-state index contributed by atoms with van der Waals surface area (Å²) in [6.45, 7) is 4.43. The maximum Gasteiger partial charge on any atom is 0.227 e. The Hall–Kier alpha value is -3.03. The number of carbonyl (C=O) groups excluding carboxylic acids is 2. The van der Waals surface area contributed by atoms with Crippen LogP contribution >= 0.6 is 0 Å².